The van der Waals surface area contributed by atoms with Gasteiger partial charge in [-0.1, -0.05) is 42.5 Å². The summed E-state index contributed by atoms with van der Waals surface area (Å²) in [5, 5.41) is 12.5. The van der Waals surface area contributed by atoms with Crippen molar-refractivity contribution in [2.24, 2.45) is 0 Å². The number of hydrogen-bond donors (Lipinski definition) is 0. The molecule has 1 heterocycles. The van der Waals surface area contributed by atoms with Crippen LogP contribution in [0, 0.1) is 10.1 Å². The lowest BCUT2D eigenvalue weighted by Crippen LogP contribution is -2.01. The van der Waals surface area contributed by atoms with E-state index in [4.69, 9.17) is 0 Å². The van der Waals surface area contributed by atoms with Crippen molar-refractivity contribution in [3.63, 3.8) is 0 Å². The van der Waals surface area contributed by atoms with Gasteiger partial charge in [0.2, 0.25) is 0 Å². The van der Waals surface area contributed by atoms with E-state index in [1.54, 1.807) is 53.4 Å². The van der Waals surface area contributed by atoms with Crippen molar-refractivity contribution in [3.05, 3.63) is 92.9 Å². The summed E-state index contributed by atoms with van der Waals surface area (Å²) in [5.41, 5.74) is 2.56. The van der Waals surface area contributed by atoms with Crippen molar-refractivity contribution in [3.8, 4) is 0 Å². The van der Waals surface area contributed by atoms with E-state index in [-0.39, 0.29) is 11.5 Å². The van der Waals surface area contributed by atoms with Gasteiger partial charge in [0.05, 0.1) is 10.4 Å². The molecular formula is C16H12N2O3S. The number of thiazole rings is 1. The lowest BCUT2D eigenvalue weighted by Gasteiger charge is -2.00. The number of non-ortho nitro benzene ring substituents is 1. The molecule has 0 amide bonds. The second-order valence-electron chi connectivity index (χ2n) is 4.18. The summed E-state index contributed by atoms with van der Waals surface area (Å²) >= 11 is 1.60. The molecule has 0 atom stereocenters. The molecule has 6 heteroatoms. The molecule has 0 radical (unpaired) electrons. The molecule has 2 aromatic carbocycles. The summed E-state index contributed by atoms with van der Waals surface area (Å²) in [6.45, 7) is 0. The summed E-state index contributed by atoms with van der Waals surface area (Å²) in [6.07, 6.45) is 1.77. The van der Waals surface area contributed by atoms with Crippen LogP contribution < -0.4 is 0 Å². The van der Waals surface area contributed by atoms with Crippen LogP contribution in [0.4, 0.5) is 5.69 Å². The number of ketones is 1. The quantitative estimate of drug-likeness (QED) is 0.417. The van der Waals surface area contributed by atoms with E-state index in [2.05, 4.69) is 4.98 Å². The minimum atomic E-state index is -0.512. The molecule has 5 nitrogen and oxygen atoms in total. The number of carbonyl (C=O) groups is 1. The van der Waals surface area contributed by atoms with Gasteiger partial charge in [0, 0.05) is 34.8 Å². The van der Waals surface area contributed by atoms with E-state index >= 15 is 0 Å². The van der Waals surface area contributed by atoms with Crippen molar-refractivity contribution in [1.29, 1.82) is 0 Å². The highest BCUT2D eigenvalue weighted by Gasteiger charge is 2.12. The number of benzene rings is 2. The number of nitro benzene ring substituents is 1. The lowest BCUT2D eigenvalue weighted by atomic mass is 10.0. The molecule has 22 heavy (non-hydrogen) atoms. The van der Waals surface area contributed by atoms with Crippen molar-refractivity contribution in [2.45, 2.75) is 0 Å². The summed E-state index contributed by atoms with van der Waals surface area (Å²) < 4.78 is 0. The van der Waals surface area contributed by atoms with Gasteiger partial charge in [-0.3, -0.25) is 19.9 Å². The number of nitro groups is 1. The third kappa shape index (κ3) is 4.32. The highest BCUT2D eigenvalue weighted by Crippen LogP contribution is 2.16. The fourth-order valence-corrected chi connectivity index (χ4v) is 2.04. The minimum absolute atomic E-state index is 0.0771. The third-order valence-electron chi connectivity index (χ3n) is 2.70. The predicted molar refractivity (Wildman–Crippen MR) is 85.1 cm³/mol. The molecule has 0 aliphatic rings. The van der Waals surface area contributed by atoms with Gasteiger partial charge in [-0.05, 0) is 0 Å². The summed E-state index contributed by atoms with van der Waals surface area (Å²) in [5.74, 6) is -0.214. The van der Waals surface area contributed by atoms with E-state index in [1.165, 1.54) is 18.2 Å². The Morgan fingerprint density at radius 2 is 1.77 bits per heavy atom. The average Bonchev–Trinajstić information content (AvgIpc) is 3.15. The molecule has 0 saturated heterocycles. The van der Waals surface area contributed by atoms with Crippen molar-refractivity contribution in [1.82, 2.24) is 4.98 Å². The first-order valence-corrected chi connectivity index (χ1v) is 7.29. The number of carbonyl (C=O) groups excluding carboxylic acids is 1. The lowest BCUT2D eigenvalue weighted by molar-refractivity contribution is -0.384. The Hall–Kier alpha value is -2.86. The zero-order chi connectivity index (χ0) is 15.8. The topological polar surface area (TPSA) is 73.1 Å². The molecule has 0 aliphatic carbocycles. The zero-order valence-corrected chi connectivity index (χ0v) is 12.3. The van der Waals surface area contributed by atoms with E-state index in [1.807, 2.05) is 11.4 Å². The summed E-state index contributed by atoms with van der Waals surface area (Å²) in [4.78, 5) is 25.8. The van der Waals surface area contributed by atoms with Gasteiger partial charge in [0.15, 0.2) is 5.78 Å². The molecule has 0 aliphatic heterocycles. The van der Waals surface area contributed by atoms with Crippen LogP contribution in [0.2, 0.25) is 0 Å². The molecule has 110 valence electrons. The Kier molecular flexibility index (Phi) is 5.50. The normalized spacial score (nSPS) is 9.45. The maximum atomic E-state index is 12.0. The van der Waals surface area contributed by atoms with Gasteiger partial charge in [0.25, 0.3) is 5.69 Å². The molecule has 0 unspecified atom stereocenters. The highest BCUT2D eigenvalue weighted by atomic mass is 32.1. The van der Waals surface area contributed by atoms with Gasteiger partial charge >= 0.3 is 0 Å². The van der Waals surface area contributed by atoms with Crippen LogP contribution in [-0.4, -0.2) is 15.7 Å². The molecule has 0 fully saturated rings. The van der Waals surface area contributed by atoms with Crippen LogP contribution >= 0.6 is 11.3 Å². The van der Waals surface area contributed by atoms with Crippen molar-refractivity contribution < 1.29 is 9.72 Å². The molecule has 0 N–H and O–H groups in total. The number of aromatic nitrogens is 1. The van der Waals surface area contributed by atoms with E-state index in [9.17, 15) is 14.9 Å². The van der Waals surface area contributed by atoms with Crippen LogP contribution in [0.3, 0.4) is 0 Å². The molecule has 0 bridgehead atoms. The molecular weight excluding hydrogens is 300 g/mol. The molecule has 0 spiro atoms. The minimum Gasteiger partial charge on any atom is -0.289 e. The molecule has 3 rings (SSSR count). The maximum absolute atomic E-state index is 12.0. The van der Waals surface area contributed by atoms with Gasteiger partial charge in [-0.2, -0.15) is 0 Å². The Labute approximate surface area is 131 Å². The Bertz CT molecular complexity index is 726. The van der Waals surface area contributed by atoms with Gasteiger partial charge in [-0.15, -0.1) is 11.3 Å². The zero-order valence-electron chi connectivity index (χ0n) is 11.5. The summed E-state index contributed by atoms with van der Waals surface area (Å²) in [6, 6.07) is 14.4. The van der Waals surface area contributed by atoms with Gasteiger partial charge in [0.1, 0.15) is 0 Å². The van der Waals surface area contributed by atoms with Crippen LogP contribution in [0.5, 0.6) is 0 Å². The number of rotatable bonds is 3. The Balaban J connectivity index is 0.000000299. The standard InChI is InChI=1S/C13H9NO3.C3H3NS/c15-13(10-5-2-1-3-6-10)11-7-4-8-12(9-11)14(16)17;1-2-5-3-4-1/h1-9H;1-3H. The van der Waals surface area contributed by atoms with Gasteiger partial charge < -0.3 is 0 Å². The monoisotopic (exact) mass is 312 g/mol. The van der Waals surface area contributed by atoms with Crippen LogP contribution in [0.25, 0.3) is 0 Å². The number of nitrogens with zero attached hydrogens (tertiary/aromatic N) is 2. The first-order chi connectivity index (χ1) is 10.7. The fourth-order valence-electron chi connectivity index (χ4n) is 1.69. The Morgan fingerprint density at radius 3 is 2.32 bits per heavy atom. The van der Waals surface area contributed by atoms with E-state index in [0.29, 0.717) is 11.1 Å². The smallest absolute Gasteiger partial charge is 0.270 e. The number of hydrogen-bond acceptors (Lipinski definition) is 5. The largest absolute Gasteiger partial charge is 0.289 e. The van der Waals surface area contributed by atoms with Gasteiger partial charge in [-0.25, -0.2) is 0 Å². The molecule has 3 aromatic rings. The summed E-state index contributed by atoms with van der Waals surface area (Å²) in [7, 11) is 0. The van der Waals surface area contributed by atoms with Crippen molar-refractivity contribution in [2.75, 3.05) is 0 Å². The third-order valence-corrected chi connectivity index (χ3v) is 3.22. The Morgan fingerprint density at radius 1 is 1.05 bits per heavy atom. The second-order valence-corrected chi connectivity index (χ2v) is 4.93. The fraction of sp³-hybridized carbons (Fsp3) is 0. The van der Waals surface area contributed by atoms with E-state index < -0.39 is 4.92 Å². The van der Waals surface area contributed by atoms with Crippen LogP contribution in [0.15, 0.2) is 71.7 Å². The highest BCUT2D eigenvalue weighted by molar-refractivity contribution is 7.07. The molecule has 0 saturated carbocycles. The average molecular weight is 312 g/mol. The first-order valence-electron chi connectivity index (χ1n) is 6.35. The van der Waals surface area contributed by atoms with Crippen LogP contribution in [-0.2, 0) is 0 Å². The predicted octanol–water partition coefficient (Wildman–Crippen LogP) is 3.97. The SMILES string of the molecule is O=C(c1ccccc1)c1cccc([N+](=O)[O-])c1.c1cscn1. The van der Waals surface area contributed by atoms with Crippen LogP contribution in [0.1, 0.15) is 15.9 Å². The van der Waals surface area contributed by atoms with E-state index in [0.717, 1.165) is 0 Å². The second kappa shape index (κ2) is 7.80. The van der Waals surface area contributed by atoms with Crippen molar-refractivity contribution >= 4 is 22.8 Å². The first kappa shape index (κ1) is 15.5. The molecule has 1 aromatic heterocycles. The maximum Gasteiger partial charge on any atom is 0.270 e.